The summed E-state index contributed by atoms with van der Waals surface area (Å²) in [6.07, 6.45) is 2.22. The molecule has 0 radical (unpaired) electrons. The highest BCUT2D eigenvalue weighted by atomic mass is 35.5. The summed E-state index contributed by atoms with van der Waals surface area (Å²) in [5, 5.41) is 21.3. The molecular formula is C13H15ClN4O2. The third kappa shape index (κ3) is 3.14. The molecule has 2 rings (SSSR count). The first kappa shape index (κ1) is 14.5. The molecule has 1 N–H and O–H groups in total. The summed E-state index contributed by atoms with van der Waals surface area (Å²) >= 11 is 5.84. The van der Waals surface area contributed by atoms with Crippen molar-refractivity contribution in [1.82, 2.24) is 20.2 Å². The van der Waals surface area contributed by atoms with E-state index in [0.717, 1.165) is 18.4 Å². The molecule has 0 bridgehead atoms. The van der Waals surface area contributed by atoms with Gasteiger partial charge in [0.15, 0.2) is 11.9 Å². The topological polar surface area (TPSA) is 80.9 Å². The van der Waals surface area contributed by atoms with Gasteiger partial charge in [-0.1, -0.05) is 31.4 Å². The molecule has 1 atom stereocenters. The summed E-state index contributed by atoms with van der Waals surface area (Å²) in [4.78, 5) is 11.4. The number of benzene rings is 1. The first-order valence-corrected chi connectivity index (χ1v) is 6.78. The second-order valence-electron chi connectivity index (χ2n) is 4.45. The molecule has 2 aromatic rings. The third-order valence-corrected chi connectivity index (χ3v) is 3.26. The second kappa shape index (κ2) is 6.47. The number of tetrazole rings is 1. The number of nitrogens with zero attached hydrogens (tertiary/aromatic N) is 4. The number of aromatic nitrogens is 4. The molecule has 0 aliphatic carbocycles. The number of hydrogen-bond acceptors (Lipinski definition) is 4. The Morgan fingerprint density at radius 2 is 2.10 bits per heavy atom. The summed E-state index contributed by atoms with van der Waals surface area (Å²) in [6.45, 7) is 2.01. The highest BCUT2D eigenvalue weighted by molar-refractivity contribution is 6.30. The maximum atomic E-state index is 11.4. The van der Waals surface area contributed by atoms with Crippen molar-refractivity contribution < 1.29 is 9.90 Å². The number of carboxylic acid groups (broad SMARTS) is 1. The summed E-state index contributed by atoms with van der Waals surface area (Å²) in [7, 11) is 0. The zero-order valence-electron chi connectivity index (χ0n) is 11.0. The van der Waals surface area contributed by atoms with Gasteiger partial charge in [-0.05, 0) is 41.1 Å². The molecule has 0 fully saturated rings. The van der Waals surface area contributed by atoms with Crippen LogP contribution in [0.2, 0.25) is 5.02 Å². The Morgan fingerprint density at radius 3 is 2.70 bits per heavy atom. The van der Waals surface area contributed by atoms with Crippen LogP contribution in [0.3, 0.4) is 0 Å². The van der Waals surface area contributed by atoms with Gasteiger partial charge in [0.05, 0.1) is 0 Å². The SMILES string of the molecule is CCCCC(C(=O)O)n1nnnc1-c1ccc(Cl)cc1. The lowest BCUT2D eigenvalue weighted by atomic mass is 10.1. The fourth-order valence-corrected chi connectivity index (χ4v) is 2.07. The van der Waals surface area contributed by atoms with E-state index in [9.17, 15) is 9.90 Å². The molecule has 0 saturated carbocycles. The first-order chi connectivity index (χ1) is 9.63. The Morgan fingerprint density at radius 1 is 1.40 bits per heavy atom. The van der Waals surface area contributed by atoms with Crippen LogP contribution in [-0.4, -0.2) is 31.3 Å². The van der Waals surface area contributed by atoms with Crippen LogP contribution in [0.15, 0.2) is 24.3 Å². The first-order valence-electron chi connectivity index (χ1n) is 6.40. The maximum Gasteiger partial charge on any atom is 0.328 e. The lowest BCUT2D eigenvalue weighted by Crippen LogP contribution is -2.21. The molecule has 20 heavy (non-hydrogen) atoms. The zero-order chi connectivity index (χ0) is 14.5. The van der Waals surface area contributed by atoms with Crippen LogP contribution >= 0.6 is 11.6 Å². The second-order valence-corrected chi connectivity index (χ2v) is 4.89. The molecule has 7 heteroatoms. The highest BCUT2D eigenvalue weighted by Gasteiger charge is 2.24. The third-order valence-electron chi connectivity index (χ3n) is 3.01. The molecule has 1 aromatic heterocycles. The summed E-state index contributed by atoms with van der Waals surface area (Å²) in [5.41, 5.74) is 0.738. The molecule has 6 nitrogen and oxygen atoms in total. The highest BCUT2D eigenvalue weighted by Crippen LogP contribution is 2.23. The minimum atomic E-state index is -0.930. The van der Waals surface area contributed by atoms with Gasteiger partial charge in [0.1, 0.15) is 0 Å². The van der Waals surface area contributed by atoms with Crippen LogP contribution in [0.25, 0.3) is 11.4 Å². The van der Waals surface area contributed by atoms with E-state index in [1.165, 1.54) is 4.68 Å². The average molecular weight is 295 g/mol. The number of halogens is 1. The van der Waals surface area contributed by atoms with Gasteiger partial charge in [-0.15, -0.1) is 5.10 Å². The Balaban J connectivity index is 2.35. The van der Waals surface area contributed by atoms with E-state index < -0.39 is 12.0 Å². The smallest absolute Gasteiger partial charge is 0.328 e. The molecule has 1 aromatic carbocycles. The Bertz CT molecular complexity index is 582. The van der Waals surface area contributed by atoms with E-state index >= 15 is 0 Å². The van der Waals surface area contributed by atoms with Gasteiger partial charge in [-0.3, -0.25) is 0 Å². The van der Waals surface area contributed by atoms with E-state index in [2.05, 4.69) is 15.5 Å². The fourth-order valence-electron chi connectivity index (χ4n) is 1.94. The molecule has 1 heterocycles. The van der Waals surface area contributed by atoms with Crippen molar-refractivity contribution in [3.8, 4) is 11.4 Å². The van der Waals surface area contributed by atoms with Crippen LogP contribution in [-0.2, 0) is 4.79 Å². The van der Waals surface area contributed by atoms with Crippen LogP contribution in [0.1, 0.15) is 32.2 Å². The molecule has 1 unspecified atom stereocenters. The number of rotatable bonds is 6. The molecular weight excluding hydrogens is 280 g/mol. The average Bonchev–Trinajstić information content (AvgIpc) is 2.89. The maximum absolute atomic E-state index is 11.4. The van der Waals surface area contributed by atoms with Crippen molar-refractivity contribution in [2.24, 2.45) is 0 Å². The number of aliphatic carboxylic acids is 1. The van der Waals surface area contributed by atoms with E-state index in [0.29, 0.717) is 17.3 Å². The number of carboxylic acids is 1. The van der Waals surface area contributed by atoms with Gasteiger partial charge in [-0.2, -0.15) is 0 Å². The van der Waals surface area contributed by atoms with Gasteiger partial charge in [0.25, 0.3) is 0 Å². The zero-order valence-corrected chi connectivity index (χ0v) is 11.8. The predicted octanol–water partition coefficient (Wildman–Crippen LogP) is 2.81. The quantitative estimate of drug-likeness (QED) is 0.886. The summed E-state index contributed by atoms with van der Waals surface area (Å²) in [6, 6.07) is 6.22. The fraction of sp³-hybridized carbons (Fsp3) is 0.385. The summed E-state index contributed by atoms with van der Waals surface area (Å²) in [5.74, 6) is -0.494. The number of carbonyl (C=O) groups is 1. The van der Waals surface area contributed by atoms with E-state index in [1.54, 1.807) is 24.3 Å². The molecule has 0 aliphatic rings. The Kier molecular flexibility index (Phi) is 4.68. The van der Waals surface area contributed by atoms with Crippen LogP contribution in [0.4, 0.5) is 0 Å². The van der Waals surface area contributed by atoms with Gasteiger partial charge in [0, 0.05) is 10.6 Å². The monoisotopic (exact) mass is 294 g/mol. The van der Waals surface area contributed by atoms with Crippen molar-refractivity contribution in [2.45, 2.75) is 32.2 Å². The molecule has 0 amide bonds. The summed E-state index contributed by atoms with van der Waals surface area (Å²) < 4.78 is 1.36. The Labute approximate surface area is 121 Å². The standard InChI is InChI=1S/C13H15ClN4O2/c1-2-3-4-11(13(19)20)18-12(15-16-17-18)9-5-7-10(14)8-6-9/h5-8,11H,2-4H2,1H3,(H,19,20). The van der Waals surface area contributed by atoms with Crippen molar-refractivity contribution in [3.05, 3.63) is 29.3 Å². The largest absolute Gasteiger partial charge is 0.480 e. The van der Waals surface area contributed by atoms with Gasteiger partial charge >= 0.3 is 5.97 Å². The van der Waals surface area contributed by atoms with Crippen molar-refractivity contribution in [3.63, 3.8) is 0 Å². The number of hydrogen-bond donors (Lipinski definition) is 1. The lowest BCUT2D eigenvalue weighted by Gasteiger charge is -2.13. The normalized spacial score (nSPS) is 12.3. The van der Waals surface area contributed by atoms with E-state index in [-0.39, 0.29) is 0 Å². The van der Waals surface area contributed by atoms with Crippen molar-refractivity contribution >= 4 is 17.6 Å². The molecule has 0 saturated heterocycles. The van der Waals surface area contributed by atoms with E-state index in [1.807, 2.05) is 6.92 Å². The minimum Gasteiger partial charge on any atom is -0.480 e. The lowest BCUT2D eigenvalue weighted by molar-refractivity contribution is -0.141. The van der Waals surface area contributed by atoms with E-state index in [4.69, 9.17) is 11.6 Å². The van der Waals surface area contributed by atoms with Crippen LogP contribution < -0.4 is 0 Å². The number of unbranched alkanes of at least 4 members (excludes halogenated alkanes) is 1. The van der Waals surface area contributed by atoms with Crippen LogP contribution in [0.5, 0.6) is 0 Å². The van der Waals surface area contributed by atoms with Gasteiger partial charge in [-0.25, -0.2) is 9.48 Å². The Hall–Kier alpha value is -1.95. The minimum absolute atomic E-state index is 0.435. The van der Waals surface area contributed by atoms with Crippen molar-refractivity contribution in [1.29, 1.82) is 0 Å². The van der Waals surface area contributed by atoms with Gasteiger partial charge in [0.2, 0.25) is 0 Å². The molecule has 0 aliphatic heterocycles. The predicted molar refractivity (Wildman–Crippen MR) is 74.5 cm³/mol. The van der Waals surface area contributed by atoms with Gasteiger partial charge < -0.3 is 5.11 Å². The van der Waals surface area contributed by atoms with Crippen LogP contribution in [0, 0.1) is 0 Å². The van der Waals surface area contributed by atoms with Crippen molar-refractivity contribution in [2.75, 3.05) is 0 Å². The molecule has 0 spiro atoms. The molecule has 106 valence electrons.